The highest BCUT2D eigenvalue weighted by atomic mass is 35.5. The molecule has 0 fully saturated rings. The van der Waals surface area contributed by atoms with Gasteiger partial charge in [0, 0.05) is 29.2 Å². The highest BCUT2D eigenvalue weighted by Crippen LogP contribution is 2.13. The SMILES string of the molecule is Nc1cn(CC(=O)Nc2ccc(Cl)cc2)ccc1=O. The minimum atomic E-state index is -0.255. The minimum absolute atomic E-state index is 0.0765. The Labute approximate surface area is 114 Å². The molecule has 2 rings (SSSR count). The molecule has 3 N–H and O–H groups in total. The Balaban J connectivity index is 2.03. The van der Waals surface area contributed by atoms with Crippen LogP contribution in [0.4, 0.5) is 11.4 Å². The van der Waals surface area contributed by atoms with Crippen LogP contribution >= 0.6 is 11.6 Å². The Kier molecular flexibility index (Phi) is 3.87. The van der Waals surface area contributed by atoms with Gasteiger partial charge < -0.3 is 15.6 Å². The number of benzene rings is 1. The fourth-order valence-electron chi connectivity index (χ4n) is 1.54. The van der Waals surface area contributed by atoms with E-state index in [-0.39, 0.29) is 23.6 Å². The first-order chi connectivity index (χ1) is 9.04. The van der Waals surface area contributed by atoms with Gasteiger partial charge in [-0.1, -0.05) is 11.6 Å². The van der Waals surface area contributed by atoms with E-state index in [0.717, 1.165) is 0 Å². The van der Waals surface area contributed by atoms with Crippen LogP contribution in [-0.4, -0.2) is 10.5 Å². The number of rotatable bonds is 3. The molecule has 1 aromatic carbocycles. The van der Waals surface area contributed by atoms with Crippen molar-refractivity contribution in [3.63, 3.8) is 0 Å². The van der Waals surface area contributed by atoms with Crippen LogP contribution < -0.4 is 16.5 Å². The Bertz CT molecular complexity index is 650. The first kappa shape index (κ1) is 13.2. The Hall–Kier alpha value is -2.27. The van der Waals surface area contributed by atoms with Crippen molar-refractivity contribution in [1.29, 1.82) is 0 Å². The third-order valence-electron chi connectivity index (χ3n) is 2.46. The maximum absolute atomic E-state index is 11.8. The number of aromatic nitrogens is 1. The maximum Gasteiger partial charge on any atom is 0.244 e. The van der Waals surface area contributed by atoms with E-state index in [1.54, 1.807) is 28.8 Å². The molecule has 0 aliphatic heterocycles. The van der Waals surface area contributed by atoms with Crippen molar-refractivity contribution < 1.29 is 4.79 Å². The molecule has 0 saturated carbocycles. The molecular formula is C13H12ClN3O2. The Morgan fingerprint density at radius 3 is 2.58 bits per heavy atom. The smallest absolute Gasteiger partial charge is 0.244 e. The van der Waals surface area contributed by atoms with Crippen molar-refractivity contribution in [2.45, 2.75) is 6.54 Å². The van der Waals surface area contributed by atoms with E-state index >= 15 is 0 Å². The fraction of sp³-hybridized carbons (Fsp3) is 0.0769. The molecule has 0 spiro atoms. The number of halogens is 1. The zero-order valence-corrected chi connectivity index (χ0v) is 10.7. The van der Waals surface area contributed by atoms with Gasteiger partial charge in [0.2, 0.25) is 11.3 Å². The third-order valence-corrected chi connectivity index (χ3v) is 2.71. The van der Waals surface area contributed by atoms with Gasteiger partial charge in [0.15, 0.2) is 0 Å². The van der Waals surface area contributed by atoms with E-state index in [1.165, 1.54) is 18.5 Å². The summed E-state index contributed by atoms with van der Waals surface area (Å²) in [5.74, 6) is -0.217. The van der Waals surface area contributed by atoms with Crippen LogP contribution in [0.25, 0.3) is 0 Å². The van der Waals surface area contributed by atoms with Crippen LogP contribution in [0.5, 0.6) is 0 Å². The first-order valence-corrected chi connectivity index (χ1v) is 5.93. The summed E-state index contributed by atoms with van der Waals surface area (Å²) in [6, 6.07) is 8.12. The molecule has 0 aliphatic rings. The van der Waals surface area contributed by atoms with Crippen molar-refractivity contribution >= 4 is 28.9 Å². The molecule has 0 unspecified atom stereocenters. The zero-order valence-electron chi connectivity index (χ0n) is 9.97. The maximum atomic E-state index is 11.8. The standard InChI is InChI=1S/C13H12ClN3O2/c14-9-1-3-10(4-2-9)16-13(19)8-17-6-5-12(18)11(15)7-17/h1-7H,8,15H2,(H,16,19). The third kappa shape index (κ3) is 3.59. The summed E-state index contributed by atoms with van der Waals surface area (Å²) in [5.41, 5.74) is 6.00. The van der Waals surface area contributed by atoms with Crippen LogP contribution in [0, 0.1) is 0 Å². The second-order valence-corrected chi connectivity index (χ2v) is 4.43. The predicted octanol–water partition coefficient (Wildman–Crippen LogP) is 1.72. The molecule has 2 aromatic rings. The molecule has 19 heavy (non-hydrogen) atoms. The lowest BCUT2D eigenvalue weighted by Crippen LogP contribution is -2.20. The number of nitrogen functional groups attached to an aromatic ring is 1. The molecule has 6 heteroatoms. The largest absolute Gasteiger partial charge is 0.394 e. The van der Waals surface area contributed by atoms with Gasteiger partial charge in [-0.15, -0.1) is 0 Å². The molecule has 1 aromatic heterocycles. The molecule has 1 heterocycles. The van der Waals surface area contributed by atoms with Crippen molar-refractivity contribution in [1.82, 2.24) is 4.57 Å². The quantitative estimate of drug-likeness (QED) is 0.897. The van der Waals surface area contributed by atoms with E-state index in [2.05, 4.69) is 5.32 Å². The van der Waals surface area contributed by atoms with Crippen molar-refractivity contribution in [2.24, 2.45) is 0 Å². The zero-order chi connectivity index (χ0) is 13.8. The van der Waals surface area contributed by atoms with Crippen molar-refractivity contribution in [3.05, 3.63) is 58.0 Å². The van der Waals surface area contributed by atoms with E-state index in [4.69, 9.17) is 17.3 Å². The molecular weight excluding hydrogens is 266 g/mol. The van der Waals surface area contributed by atoms with Gasteiger partial charge >= 0.3 is 0 Å². The van der Waals surface area contributed by atoms with Gasteiger partial charge in [0.05, 0.1) is 5.69 Å². The topological polar surface area (TPSA) is 77.1 Å². The normalized spacial score (nSPS) is 10.2. The number of hydrogen-bond acceptors (Lipinski definition) is 3. The van der Waals surface area contributed by atoms with Gasteiger partial charge in [-0.25, -0.2) is 0 Å². The molecule has 5 nitrogen and oxygen atoms in total. The Morgan fingerprint density at radius 1 is 1.26 bits per heavy atom. The van der Waals surface area contributed by atoms with E-state index < -0.39 is 0 Å². The number of nitrogens with two attached hydrogens (primary N) is 1. The lowest BCUT2D eigenvalue weighted by molar-refractivity contribution is -0.116. The lowest BCUT2D eigenvalue weighted by atomic mass is 10.3. The van der Waals surface area contributed by atoms with Crippen LogP contribution in [0.3, 0.4) is 0 Å². The van der Waals surface area contributed by atoms with Crippen LogP contribution in [-0.2, 0) is 11.3 Å². The summed E-state index contributed by atoms with van der Waals surface area (Å²) in [6.07, 6.45) is 2.95. The number of pyridine rings is 1. The van der Waals surface area contributed by atoms with Crippen molar-refractivity contribution in [2.75, 3.05) is 11.1 Å². The van der Waals surface area contributed by atoms with Crippen LogP contribution in [0.15, 0.2) is 47.5 Å². The summed E-state index contributed by atoms with van der Waals surface area (Å²) in [5, 5.41) is 3.32. The summed E-state index contributed by atoms with van der Waals surface area (Å²) in [6.45, 7) is 0.0765. The van der Waals surface area contributed by atoms with Crippen molar-refractivity contribution in [3.8, 4) is 0 Å². The molecule has 98 valence electrons. The number of hydrogen-bond donors (Lipinski definition) is 2. The number of nitrogens with one attached hydrogen (secondary N) is 1. The fourth-order valence-corrected chi connectivity index (χ4v) is 1.67. The van der Waals surface area contributed by atoms with E-state index in [9.17, 15) is 9.59 Å². The highest BCUT2D eigenvalue weighted by molar-refractivity contribution is 6.30. The van der Waals surface area contributed by atoms with Gasteiger partial charge in [0.25, 0.3) is 0 Å². The predicted molar refractivity (Wildman–Crippen MR) is 75.2 cm³/mol. The average molecular weight is 278 g/mol. The number of nitrogens with zero attached hydrogens (tertiary/aromatic N) is 1. The van der Waals surface area contributed by atoms with Crippen LogP contribution in [0.1, 0.15) is 0 Å². The first-order valence-electron chi connectivity index (χ1n) is 5.55. The molecule has 0 aliphatic carbocycles. The second kappa shape index (κ2) is 5.58. The van der Waals surface area contributed by atoms with Gasteiger partial charge in [-0.3, -0.25) is 9.59 Å². The van der Waals surface area contributed by atoms with Gasteiger partial charge in [-0.2, -0.15) is 0 Å². The number of carbonyl (C=O) groups excluding carboxylic acids is 1. The molecule has 0 bridgehead atoms. The second-order valence-electron chi connectivity index (χ2n) is 3.99. The molecule has 0 saturated heterocycles. The monoisotopic (exact) mass is 277 g/mol. The van der Waals surface area contributed by atoms with Gasteiger partial charge in [0.1, 0.15) is 6.54 Å². The lowest BCUT2D eigenvalue weighted by Gasteiger charge is -2.08. The highest BCUT2D eigenvalue weighted by Gasteiger charge is 2.04. The molecule has 0 radical (unpaired) electrons. The number of carbonyl (C=O) groups is 1. The van der Waals surface area contributed by atoms with E-state index in [1.807, 2.05) is 0 Å². The average Bonchev–Trinajstić information content (AvgIpc) is 2.37. The number of anilines is 2. The summed E-state index contributed by atoms with van der Waals surface area (Å²) in [4.78, 5) is 22.9. The summed E-state index contributed by atoms with van der Waals surface area (Å²) in [7, 11) is 0. The van der Waals surface area contributed by atoms with Crippen LogP contribution in [0.2, 0.25) is 5.02 Å². The number of amides is 1. The Morgan fingerprint density at radius 2 is 1.95 bits per heavy atom. The summed E-state index contributed by atoms with van der Waals surface area (Å²) >= 11 is 5.75. The molecule has 0 atom stereocenters. The van der Waals surface area contributed by atoms with E-state index in [0.29, 0.717) is 10.7 Å². The minimum Gasteiger partial charge on any atom is -0.394 e. The summed E-state index contributed by atoms with van der Waals surface area (Å²) < 4.78 is 1.54. The molecule has 1 amide bonds. The van der Waals surface area contributed by atoms with Gasteiger partial charge in [-0.05, 0) is 24.3 Å².